The molecule has 30 heavy (non-hydrogen) atoms. The number of nitrogens with zero attached hydrogens (tertiary/aromatic N) is 1. The quantitative estimate of drug-likeness (QED) is 0.598. The van der Waals surface area contributed by atoms with E-state index in [9.17, 15) is 22.7 Å². The lowest BCUT2D eigenvalue weighted by atomic mass is 9.79. The number of urea groups is 1. The zero-order valence-electron chi connectivity index (χ0n) is 17.3. The van der Waals surface area contributed by atoms with E-state index in [1.165, 1.54) is 12.3 Å². The highest BCUT2D eigenvalue weighted by Gasteiger charge is 2.39. The third-order valence-corrected chi connectivity index (χ3v) is 8.16. The molecular formula is C20H26FN3O4S2. The van der Waals surface area contributed by atoms with Crippen molar-refractivity contribution < 1.29 is 22.7 Å². The second-order valence-electron chi connectivity index (χ2n) is 8.17. The summed E-state index contributed by atoms with van der Waals surface area (Å²) in [5.41, 5.74) is 0.262. The van der Waals surface area contributed by atoms with E-state index in [0.717, 1.165) is 17.8 Å². The molecule has 0 bridgehead atoms. The van der Waals surface area contributed by atoms with Crippen molar-refractivity contribution in [3.8, 4) is 0 Å². The Morgan fingerprint density at radius 3 is 2.43 bits per heavy atom. The molecule has 2 aromatic rings. The van der Waals surface area contributed by atoms with Gasteiger partial charge in [0.05, 0.1) is 10.6 Å². The van der Waals surface area contributed by atoms with Crippen molar-refractivity contribution in [2.75, 3.05) is 5.32 Å². The SMILES string of the molecule is CC(C)c1ccc(F)c(C(C)C)c1NC(=O)NS(=O)(=O)c1ncc(C2(O)CCC2)s1. The fourth-order valence-corrected chi connectivity index (χ4v) is 5.66. The highest BCUT2D eigenvalue weighted by molar-refractivity contribution is 7.92. The van der Waals surface area contributed by atoms with Crippen LogP contribution in [0.5, 0.6) is 0 Å². The number of aliphatic hydroxyl groups is 1. The van der Waals surface area contributed by atoms with Crippen LogP contribution in [0.4, 0.5) is 14.9 Å². The van der Waals surface area contributed by atoms with Crippen molar-refractivity contribution in [3.05, 3.63) is 40.2 Å². The van der Waals surface area contributed by atoms with Crippen LogP contribution in [0.1, 0.15) is 74.8 Å². The Bertz CT molecular complexity index is 1060. The molecule has 1 fully saturated rings. The van der Waals surface area contributed by atoms with Crippen LogP contribution in [-0.4, -0.2) is 24.5 Å². The van der Waals surface area contributed by atoms with Gasteiger partial charge in [0, 0.05) is 11.8 Å². The maximum Gasteiger partial charge on any atom is 0.333 e. The number of hydrogen-bond acceptors (Lipinski definition) is 6. The van der Waals surface area contributed by atoms with E-state index in [4.69, 9.17) is 0 Å². The fraction of sp³-hybridized carbons (Fsp3) is 0.500. The second-order valence-corrected chi connectivity index (χ2v) is 11.1. The minimum atomic E-state index is -4.24. The van der Waals surface area contributed by atoms with Crippen molar-refractivity contribution in [2.24, 2.45) is 0 Å². The summed E-state index contributed by atoms with van der Waals surface area (Å²) in [6, 6.07) is 1.94. The smallest absolute Gasteiger partial charge is 0.333 e. The van der Waals surface area contributed by atoms with Crippen molar-refractivity contribution >= 4 is 33.1 Å². The molecule has 1 aliphatic carbocycles. The van der Waals surface area contributed by atoms with Gasteiger partial charge in [0.15, 0.2) is 0 Å². The van der Waals surface area contributed by atoms with E-state index in [1.807, 2.05) is 18.6 Å². The summed E-state index contributed by atoms with van der Waals surface area (Å²) in [7, 11) is -4.24. The van der Waals surface area contributed by atoms with E-state index < -0.39 is 27.5 Å². The number of carbonyl (C=O) groups excluding carboxylic acids is 1. The van der Waals surface area contributed by atoms with Crippen LogP contribution in [0.2, 0.25) is 0 Å². The first kappa shape index (κ1) is 22.6. The number of carbonyl (C=O) groups is 1. The molecule has 3 rings (SSSR count). The molecule has 0 unspecified atom stereocenters. The predicted octanol–water partition coefficient (Wildman–Crippen LogP) is 4.41. The fourth-order valence-electron chi connectivity index (χ4n) is 3.46. The largest absolute Gasteiger partial charge is 0.384 e. The highest BCUT2D eigenvalue weighted by atomic mass is 32.2. The summed E-state index contributed by atoms with van der Waals surface area (Å²) < 4.78 is 41.3. The molecule has 7 nitrogen and oxygen atoms in total. The summed E-state index contributed by atoms with van der Waals surface area (Å²) in [5.74, 6) is -0.703. The molecule has 1 heterocycles. The molecule has 164 valence electrons. The first-order valence-corrected chi connectivity index (χ1v) is 12.1. The van der Waals surface area contributed by atoms with E-state index in [2.05, 4.69) is 10.3 Å². The average Bonchev–Trinajstić information content (AvgIpc) is 3.10. The number of benzene rings is 1. The van der Waals surface area contributed by atoms with Crippen LogP contribution in [0.25, 0.3) is 0 Å². The number of nitrogens with one attached hydrogen (secondary N) is 2. The molecule has 0 saturated heterocycles. The molecule has 3 N–H and O–H groups in total. The second kappa shape index (κ2) is 8.24. The maximum absolute atomic E-state index is 14.4. The minimum Gasteiger partial charge on any atom is -0.384 e. The predicted molar refractivity (Wildman–Crippen MR) is 114 cm³/mol. The van der Waals surface area contributed by atoms with Crippen molar-refractivity contribution in [1.29, 1.82) is 0 Å². The average molecular weight is 456 g/mol. The standard InChI is InChI=1S/C20H26FN3O4S2/c1-11(2)13-6-7-14(21)16(12(3)4)17(13)23-18(25)24-30(27,28)19-22-10-15(29-19)20(26)8-5-9-20/h6-7,10-12,26H,5,8-9H2,1-4H3,(H2,23,24,25). The molecule has 0 atom stereocenters. The lowest BCUT2D eigenvalue weighted by molar-refractivity contribution is -0.0356. The monoisotopic (exact) mass is 455 g/mol. The number of aromatic nitrogens is 1. The number of rotatable bonds is 6. The van der Waals surface area contributed by atoms with E-state index in [0.29, 0.717) is 28.8 Å². The third kappa shape index (κ3) is 4.35. The number of hydrogen-bond donors (Lipinski definition) is 3. The van der Waals surface area contributed by atoms with Crippen LogP contribution in [0, 0.1) is 5.82 Å². The van der Waals surface area contributed by atoms with Gasteiger partial charge in [-0.3, -0.25) is 0 Å². The van der Waals surface area contributed by atoms with E-state index in [1.54, 1.807) is 19.9 Å². The van der Waals surface area contributed by atoms with Crippen molar-refractivity contribution in [1.82, 2.24) is 9.71 Å². The number of sulfonamides is 1. The Labute approximate surface area is 179 Å². The molecule has 0 radical (unpaired) electrons. The van der Waals surface area contributed by atoms with Gasteiger partial charge in [0.25, 0.3) is 10.0 Å². The van der Waals surface area contributed by atoms with Gasteiger partial charge < -0.3 is 10.4 Å². The van der Waals surface area contributed by atoms with E-state index in [-0.39, 0.29) is 21.9 Å². The topological polar surface area (TPSA) is 108 Å². The summed E-state index contributed by atoms with van der Waals surface area (Å²) in [5, 5.41) is 12.9. The molecule has 10 heteroatoms. The molecule has 1 aromatic carbocycles. The summed E-state index contributed by atoms with van der Waals surface area (Å²) in [6.45, 7) is 7.40. The van der Waals surface area contributed by atoms with Crippen LogP contribution < -0.4 is 10.0 Å². The van der Waals surface area contributed by atoms with Gasteiger partial charge in [-0.1, -0.05) is 33.8 Å². The van der Waals surface area contributed by atoms with Crippen LogP contribution in [0.3, 0.4) is 0 Å². The van der Waals surface area contributed by atoms with Gasteiger partial charge >= 0.3 is 6.03 Å². The van der Waals surface area contributed by atoms with Crippen molar-refractivity contribution in [3.63, 3.8) is 0 Å². The summed E-state index contributed by atoms with van der Waals surface area (Å²) >= 11 is 0.838. The van der Waals surface area contributed by atoms with Gasteiger partial charge in [-0.2, -0.15) is 8.42 Å². The van der Waals surface area contributed by atoms with Crippen LogP contribution >= 0.6 is 11.3 Å². The summed E-state index contributed by atoms with van der Waals surface area (Å²) in [4.78, 5) is 16.9. The number of thiazole rings is 1. The Kier molecular flexibility index (Phi) is 6.22. The van der Waals surface area contributed by atoms with Gasteiger partial charge in [-0.25, -0.2) is 18.9 Å². The number of halogens is 1. The Morgan fingerprint density at radius 1 is 1.23 bits per heavy atom. The first-order valence-electron chi connectivity index (χ1n) is 9.79. The van der Waals surface area contributed by atoms with Gasteiger partial charge in [-0.15, -0.1) is 11.3 Å². The van der Waals surface area contributed by atoms with Gasteiger partial charge in [-0.05, 0) is 42.7 Å². The van der Waals surface area contributed by atoms with Crippen LogP contribution in [-0.2, 0) is 15.6 Å². The van der Waals surface area contributed by atoms with E-state index >= 15 is 0 Å². The Balaban J connectivity index is 1.84. The molecule has 0 spiro atoms. The Hall–Kier alpha value is -2.04. The molecule has 2 amide bonds. The number of anilines is 1. The molecule has 1 saturated carbocycles. The molecule has 0 aliphatic heterocycles. The summed E-state index contributed by atoms with van der Waals surface area (Å²) in [6.07, 6.45) is 3.30. The third-order valence-electron chi connectivity index (χ3n) is 5.24. The highest BCUT2D eigenvalue weighted by Crippen LogP contribution is 2.43. The van der Waals surface area contributed by atoms with Gasteiger partial charge in [0.1, 0.15) is 11.4 Å². The van der Waals surface area contributed by atoms with Gasteiger partial charge in [0.2, 0.25) is 4.34 Å². The maximum atomic E-state index is 14.4. The lowest BCUT2D eigenvalue weighted by Gasteiger charge is -2.35. The normalized spacial score (nSPS) is 15.9. The van der Waals surface area contributed by atoms with Crippen molar-refractivity contribution in [2.45, 2.75) is 68.7 Å². The Morgan fingerprint density at radius 2 is 1.90 bits per heavy atom. The minimum absolute atomic E-state index is 0.0141. The molecule has 1 aliphatic rings. The molecular weight excluding hydrogens is 429 g/mol. The lowest BCUT2D eigenvalue weighted by Crippen LogP contribution is -2.35. The first-order chi connectivity index (χ1) is 13.9. The zero-order chi connectivity index (χ0) is 22.3. The zero-order valence-corrected chi connectivity index (χ0v) is 19.0. The van der Waals surface area contributed by atoms with Crippen LogP contribution in [0.15, 0.2) is 22.7 Å². The number of amides is 2. The molecule has 1 aromatic heterocycles.